The van der Waals surface area contributed by atoms with Crippen LogP contribution in [0.25, 0.3) is 0 Å². The standard InChI is InChI=1S/C24H21Cl2N3O4/c1-32-21-12-17(11-20(26)23(21)33-15-16-7-9-19(25)10-8-16)13-28-29-22(30)14-27-24(31)18-5-3-2-4-6-18/h2-13H,14-15H2,1H3,(H,27,31)(H,29,30)/b28-13-. The summed E-state index contributed by atoms with van der Waals surface area (Å²) in [5.74, 6) is -0.0183. The molecule has 0 unspecified atom stereocenters. The number of nitrogens with one attached hydrogen (secondary N) is 2. The van der Waals surface area contributed by atoms with Crippen LogP contribution in [0.3, 0.4) is 0 Å². The van der Waals surface area contributed by atoms with Gasteiger partial charge in [-0.1, -0.05) is 53.5 Å². The van der Waals surface area contributed by atoms with E-state index in [0.29, 0.717) is 32.7 Å². The van der Waals surface area contributed by atoms with Gasteiger partial charge in [0.25, 0.3) is 11.8 Å². The fraction of sp³-hybridized carbons (Fsp3) is 0.125. The lowest BCUT2D eigenvalue weighted by Crippen LogP contribution is -2.34. The Balaban J connectivity index is 1.55. The number of halogens is 2. The van der Waals surface area contributed by atoms with E-state index in [1.54, 1.807) is 54.6 Å². The van der Waals surface area contributed by atoms with Crippen molar-refractivity contribution >= 4 is 41.2 Å². The molecule has 0 aromatic heterocycles. The van der Waals surface area contributed by atoms with Crippen molar-refractivity contribution in [3.05, 3.63) is 93.5 Å². The number of methoxy groups -OCH3 is 1. The highest BCUT2D eigenvalue weighted by atomic mass is 35.5. The molecule has 3 aromatic carbocycles. The molecule has 0 aliphatic heterocycles. The van der Waals surface area contributed by atoms with Gasteiger partial charge in [-0.2, -0.15) is 5.10 Å². The fourth-order valence-electron chi connectivity index (χ4n) is 2.76. The lowest BCUT2D eigenvalue weighted by Gasteiger charge is -2.13. The Bertz CT molecular complexity index is 1140. The van der Waals surface area contributed by atoms with E-state index in [-0.39, 0.29) is 19.1 Å². The molecule has 2 N–H and O–H groups in total. The summed E-state index contributed by atoms with van der Waals surface area (Å²) in [4.78, 5) is 23.9. The van der Waals surface area contributed by atoms with Crippen molar-refractivity contribution < 1.29 is 19.1 Å². The van der Waals surface area contributed by atoms with Gasteiger partial charge in [-0.15, -0.1) is 0 Å². The summed E-state index contributed by atoms with van der Waals surface area (Å²) in [6.07, 6.45) is 1.41. The summed E-state index contributed by atoms with van der Waals surface area (Å²) in [7, 11) is 1.50. The third kappa shape index (κ3) is 7.24. The molecule has 3 aromatic rings. The van der Waals surface area contributed by atoms with E-state index in [1.165, 1.54) is 13.3 Å². The van der Waals surface area contributed by atoms with E-state index >= 15 is 0 Å². The minimum Gasteiger partial charge on any atom is -0.493 e. The van der Waals surface area contributed by atoms with Crippen molar-refractivity contribution in [1.82, 2.24) is 10.7 Å². The molecule has 0 saturated carbocycles. The van der Waals surface area contributed by atoms with E-state index < -0.39 is 5.91 Å². The number of hydrogen-bond acceptors (Lipinski definition) is 5. The van der Waals surface area contributed by atoms with Crippen molar-refractivity contribution in [3.63, 3.8) is 0 Å². The Labute approximate surface area is 201 Å². The van der Waals surface area contributed by atoms with Gasteiger partial charge in [0.15, 0.2) is 11.5 Å². The van der Waals surface area contributed by atoms with Crippen LogP contribution in [-0.4, -0.2) is 31.7 Å². The summed E-state index contributed by atoms with van der Waals surface area (Å²) in [5, 5.41) is 7.39. The lowest BCUT2D eigenvalue weighted by atomic mass is 10.2. The van der Waals surface area contributed by atoms with Crippen LogP contribution in [0.4, 0.5) is 0 Å². The zero-order chi connectivity index (χ0) is 23.6. The molecule has 9 heteroatoms. The lowest BCUT2D eigenvalue weighted by molar-refractivity contribution is -0.120. The number of ether oxygens (including phenoxy) is 2. The normalized spacial score (nSPS) is 10.6. The number of amides is 2. The van der Waals surface area contributed by atoms with Crippen LogP contribution in [0.2, 0.25) is 10.0 Å². The van der Waals surface area contributed by atoms with E-state index in [0.717, 1.165) is 5.56 Å². The fourth-order valence-corrected chi connectivity index (χ4v) is 3.16. The van der Waals surface area contributed by atoms with Crippen LogP contribution < -0.4 is 20.2 Å². The second kappa shape index (κ2) is 11.9. The molecular formula is C24H21Cl2N3O4. The molecule has 3 rings (SSSR count). The quantitative estimate of drug-likeness (QED) is 0.345. The molecule has 0 atom stereocenters. The Morgan fingerprint density at radius 2 is 1.76 bits per heavy atom. The number of rotatable bonds is 9. The van der Waals surface area contributed by atoms with Gasteiger partial charge in [-0.3, -0.25) is 9.59 Å². The van der Waals surface area contributed by atoms with E-state index in [9.17, 15) is 9.59 Å². The third-order valence-electron chi connectivity index (χ3n) is 4.40. The number of carbonyl (C=O) groups excluding carboxylic acids is 2. The second-order valence-electron chi connectivity index (χ2n) is 6.79. The number of carbonyl (C=O) groups is 2. The number of benzene rings is 3. The monoisotopic (exact) mass is 485 g/mol. The van der Waals surface area contributed by atoms with Gasteiger partial charge in [0.05, 0.1) is 24.9 Å². The Hall–Kier alpha value is -3.55. The van der Waals surface area contributed by atoms with E-state index in [4.69, 9.17) is 32.7 Å². The first-order chi connectivity index (χ1) is 16.0. The molecule has 0 aliphatic carbocycles. The van der Waals surface area contributed by atoms with Gasteiger partial charge >= 0.3 is 0 Å². The first kappa shape index (κ1) is 24.1. The Morgan fingerprint density at radius 1 is 1.03 bits per heavy atom. The molecule has 0 saturated heterocycles. The van der Waals surface area contributed by atoms with Gasteiger partial charge in [0, 0.05) is 10.6 Å². The van der Waals surface area contributed by atoms with Crippen molar-refractivity contribution in [2.75, 3.05) is 13.7 Å². The summed E-state index contributed by atoms with van der Waals surface area (Å²) < 4.78 is 11.2. The second-order valence-corrected chi connectivity index (χ2v) is 7.63. The molecule has 7 nitrogen and oxygen atoms in total. The minimum atomic E-state index is -0.475. The highest BCUT2D eigenvalue weighted by Gasteiger charge is 2.12. The predicted octanol–water partition coefficient (Wildman–Crippen LogP) is 4.46. The number of hydrazone groups is 1. The zero-order valence-electron chi connectivity index (χ0n) is 17.7. The molecular weight excluding hydrogens is 465 g/mol. The highest BCUT2D eigenvalue weighted by molar-refractivity contribution is 6.32. The van der Waals surface area contributed by atoms with Crippen LogP contribution in [0, 0.1) is 0 Å². The maximum atomic E-state index is 12.0. The van der Waals surface area contributed by atoms with Gasteiger partial charge in [0.1, 0.15) is 6.61 Å². The van der Waals surface area contributed by atoms with Crippen molar-refractivity contribution in [2.45, 2.75) is 6.61 Å². The molecule has 170 valence electrons. The molecule has 0 heterocycles. The van der Waals surface area contributed by atoms with Crippen LogP contribution >= 0.6 is 23.2 Å². The summed E-state index contributed by atoms with van der Waals surface area (Å²) >= 11 is 12.3. The summed E-state index contributed by atoms with van der Waals surface area (Å²) in [6.45, 7) is 0.0675. The molecule has 2 amide bonds. The van der Waals surface area contributed by atoms with Gasteiger partial charge < -0.3 is 14.8 Å². The average molecular weight is 486 g/mol. The zero-order valence-corrected chi connectivity index (χ0v) is 19.2. The van der Waals surface area contributed by atoms with Crippen LogP contribution in [0.15, 0.2) is 71.8 Å². The van der Waals surface area contributed by atoms with E-state index in [1.807, 2.05) is 12.1 Å². The van der Waals surface area contributed by atoms with Gasteiger partial charge in [-0.25, -0.2) is 5.43 Å². The van der Waals surface area contributed by atoms with Gasteiger partial charge in [0.2, 0.25) is 0 Å². The Kier molecular flexibility index (Phi) is 8.69. The van der Waals surface area contributed by atoms with Crippen molar-refractivity contribution in [1.29, 1.82) is 0 Å². The molecule has 0 spiro atoms. The van der Waals surface area contributed by atoms with Crippen LogP contribution in [0.5, 0.6) is 11.5 Å². The molecule has 33 heavy (non-hydrogen) atoms. The predicted molar refractivity (Wildman–Crippen MR) is 128 cm³/mol. The molecule has 0 bridgehead atoms. The van der Waals surface area contributed by atoms with Crippen molar-refractivity contribution in [2.24, 2.45) is 5.10 Å². The topological polar surface area (TPSA) is 89.0 Å². The van der Waals surface area contributed by atoms with Crippen LogP contribution in [-0.2, 0) is 11.4 Å². The molecule has 0 fully saturated rings. The van der Waals surface area contributed by atoms with Crippen molar-refractivity contribution in [3.8, 4) is 11.5 Å². The third-order valence-corrected chi connectivity index (χ3v) is 4.93. The largest absolute Gasteiger partial charge is 0.493 e. The first-order valence-electron chi connectivity index (χ1n) is 9.86. The smallest absolute Gasteiger partial charge is 0.259 e. The number of hydrogen-bond donors (Lipinski definition) is 2. The highest BCUT2D eigenvalue weighted by Crippen LogP contribution is 2.36. The maximum absolute atomic E-state index is 12.0. The first-order valence-corrected chi connectivity index (χ1v) is 10.6. The summed E-state index contributed by atoms with van der Waals surface area (Å²) in [5.41, 5.74) is 4.33. The molecule has 0 aliphatic rings. The average Bonchev–Trinajstić information content (AvgIpc) is 2.83. The SMILES string of the molecule is COc1cc(/C=N\NC(=O)CNC(=O)c2ccccc2)cc(Cl)c1OCc1ccc(Cl)cc1. The van der Waals surface area contributed by atoms with Gasteiger partial charge in [-0.05, 0) is 47.5 Å². The van der Waals surface area contributed by atoms with Crippen LogP contribution in [0.1, 0.15) is 21.5 Å². The maximum Gasteiger partial charge on any atom is 0.259 e. The Morgan fingerprint density at radius 3 is 2.45 bits per heavy atom. The minimum absolute atomic E-state index is 0.216. The van der Waals surface area contributed by atoms with E-state index in [2.05, 4.69) is 15.8 Å². The summed E-state index contributed by atoms with van der Waals surface area (Å²) in [6, 6.07) is 19.2. The molecule has 0 radical (unpaired) electrons. The number of nitrogens with zero attached hydrogens (tertiary/aromatic N) is 1.